The number of methoxy groups -OCH3 is 3. The van der Waals surface area contributed by atoms with E-state index in [1.54, 1.807) is 63.8 Å². The SMILES string of the molecule is COc1ccccc1NC(=O)c1ccc(Nc2ccc(OC)c(OC)c2)nn1. The minimum Gasteiger partial charge on any atom is -0.495 e. The maximum Gasteiger partial charge on any atom is 0.276 e. The fourth-order valence-electron chi connectivity index (χ4n) is 2.52. The second-order valence-electron chi connectivity index (χ2n) is 5.65. The normalized spacial score (nSPS) is 10.1. The van der Waals surface area contributed by atoms with Crippen molar-refractivity contribution in [2.75, 3.05) is 32.0 Å². The highest BCUT2D eigenvalue weighted by Crippen LogP contribution is 2.30. The van der Waals surface area contributed by atoms with Crippen LogP contribution in [0.1, 0.15) is 10.5 Å². The Morgan fingerprint density at radius 1 is 0.821 bits per heavy atom. The molecule has 0 unspecified atom stereocenters. The lowest BCUT2D eigenvalue weighted by Gasteiger charge is -2.11. The standard InChI is InChI=1S/C20H20N4O4/c1-26-16-7-5-4-6-14(16)22-20(25)15-9-11-19(24-23-15)21-13-8-10-17(27-2)18(12-13)28-3/h4-12H,1-3H3,(H,21,24)(H,22,25). The van der Waals surface area contributed by atoms with Gasteiger partial charge in [0.15, 0.2) is 23.0 Å². The summed E-state index contributed by atoms with van der Waals surface area (Å²) in [4.78, 5) is 12.4. The molecule has 3 aromatic rings. The van der Waals surface area contributed by atoms with Gasteiger partial charge in [-0.2, -0.15) is 0 Å². The molecule has 2 N–H and O–H groups in total. The van der Waals surface area contributed by atoms with Crippen molar-refractivity contribution >= 4 is 23.1 Å². The number of rotatable bonds is 7. The van der Waals surface area contributed by atoms with Crippen molar-refractivity contribution < 1.29 is 19.0 Å². The maximum absolute atomic E-state index is 12.4. The van der Waals surface area contributed by atoms with E-state index < -0.39 is 0 Å². The number of para-hydroxylation sites is 2. The third kappa shape index (κ3) is 4.29. The number of hydrogen-bond donors (Lipinski definition) is 2. The number of carbonyl (C=O) groups is 1. The maximum atomic E-state index is 12.4. The number of nitrogens with zero attached hydrogens (tertiary/aromatic N) is 2. The van der Waals surface area contributed by atoms with Crippen molar-refractivity contribution in [2.24, 2.45) is 0 Å². The fourth-order valence-corrected chi connectivity index (χ4v) is 2.52. The highest BCUT2D eigenvalue weighted by Gasteiger charge is 2.12. The van der Waals surface area contributed by atoms with Crippen LogP contribution in [0.15, 0.2) is 54.6 Å². The van der Waals surface area contributed by atoms with E-state index in [2.05, 4.69) is 20.8 Å². The lowest BCUT2D eigenvalue weighted by Crippen LogP contribution is -2.15. The van der Waals surface area contributed by atoms with Crippen LogP contribution in [0.4, 0.5) is 17.2 Å². The number of carbonyl (C=O) groups excluding carboxylic acids is 1. The Kier molecular flexibility index (Phi) is 5.91. The lowest BCUT2D eigenvalue weighted by molar-refractivity contribution is 0.102. The van der Waals surface area contributed by atoms with Crippen LogP contribution in [-0.2, 0) is 0 Å². The Morgan fingerprint density at radius 2 is 1.57 bits per heavy atom. The van der Waals surface area contributed by atoms with E-state index in [0.717, 1.165) is 5.69 Å². The van der Waals surface area contributed by atoms with Crippen LogP contribution >= 0.6 is 0 Å². The molecule has 0 atom stereocenters. The Labute approximate surface area is 162 Å². The number of ether oxygens (including phenoxy) is 3. The van der Waals surface area contributed by atoms with Gasteiger partial charge in [-0.25, -0.2) is 0 Å². The average Bonchev–Trinajstić information content (AvgIpc) is 2.74. The zero-order valence-electron chi connectivity index (χ0n) is 15.7. The zero-order chi connectivity index (χ0) is 19.9. The van der Waals surface area contributed by atoms with Crippen molar-refractivity contribution in [3.05, 3.63) is 60.3 Å². The van der Waals surface area contributed by atoms with Gasteiger partial charge in [-0.3, -0.25) is 4.79 Å². The molecular formula is C20H20N4O4. The first-order valence-electron chi connectivity index (χ1n) is 8.41. The molecule has 3 rings (SSSR count). The number of nitrogens with one attached hydrogen (secondary N) is 2. The highest BCUT2D eigenvalue weighted by molar-refractivity contribution is 6.03. The van der Waals surface area contributed by atoms with Gasteiger partial charge in [-0.05, 0) is 36.4 Å². The summed E-state index contributed by atoms with van der Waals surface area (Å²) in [6.45, 7) is 0. The van der Waals surface area contributed by atoms with E-state index in [4.69, 9.17) is 14.2 Å². The summed E-state index contributed by atoms with van der Waals surface area (Å²) in [5.74, 6) is 1.89. The molecule has 2 aromatic carbocycles. The number of amides is 1. The smallest absolute Gasteiger partial charge is 0.276 e. The van der Waals surface area contributed by atoms with Crippen LogP contribution < -0.4 is 24.8 Å². The van der Waals surface area contributed by atoms with E-state index in [1.807, 2.05) is 12.1 Å². The number of benzene rings is 2. The highest BCUT2D eigenvalue weighted by atomic mass is 16.5. The van der Waals surface area contributed by atoms with Crippen LogP contribution in [0.2, 0.25) is 0 Å². The first-order chi connectivity index (χ1) is 13.6. The number of anilines is 3. The molecule has 0 bridgehead atoms. The van der Waals surface area contributed by atoms with E-state index in [-0.39, 0.29) is 11.6 Å². The van der Waals surface area contributed by atoms with E-state index in [0.29, 0.717) is 28.8 Å². The summed E-state index contributed by atoms with van der Waals surface area (Å²) in [6.07, 6.45) is 0. The minimum atomic E-state index is -0.380. The molecule has 8 nitrogen and oxygen atoms in total. The van der Waals surface area contributed by atoms with Crippen molar-refractivity contribution in [1.29, 1.82) is 0 Å². The van der Waals surface area contributed by atoms with Crippen LogP contribution in [0.25, 0.3) is 0 Å². The first-order valence-corrected chi connectivity index (χ1v) is 8.41. The van der Waals surface area contributed by atoms with Gasteiger partial charge in [-0.15, -0.1) is 10.2 Å². The summed E-state index contributed by atoms with van der Waals surface area (Å²) in [5.41, 5.74) is 1.49. The molecule has 1 aromatic heterocycles. The Hall–Kier alpha value is -3.81. The van der Waals surface area contributed by atoms with Gasteiger partial charge in [0.1, 0.15) is 5.75 Å². The molecule has 0 aliphatic rings. The third-order valence-corrected chi connectivity index (χ3v) is 3.91. The molecular weight excluding hydrogens is 360 g/mol. The Bertz CT molecular complexity index is 961. The summed E-state index contributed by atoms with van der Waals surface area (Å²) in [5, 5.41) is 13.9. The van der Waals surface area contributed by atoms with Gasteiger partial charge in [0, 0.05) is 11.8 Å². The predicted molar refractivity (Wildman–Crippen MR) is 106 cm³/mol. The van der Waals surface area contributed by atoms with Gasteiger partial charge in [0.2, 0.25) is 0 Å². The first kappa shape index (κ1) is 19.0. The molecule has 0 aliphatic heterocycles. The van der Waals surface area contributed by atoms with Crippen LogP contribution in [0.5, 0.6) is 17.2 Å². The predicted octanol–water partition coefficient (Wildman–Crippen LogP) is 3.50. The molecule has 0 aliphatic carbocycles. The second-order valence-corrected chi connectivity index (χ2v) is 5.65. The molecule has 0 spiro atoms. The zero-order valence-corrected chi connectivity index (χ0v) is 15.7. The summed E-state index contributed by atoms with van der Waals surface area (Å²) < 4.78 is 15.7. The van der Waals surface area contributed by atoms with Crippen LogP contribution in [0.3, 0.4) is 0 Å². The molecule has 144 valence electrons. The van der Waals surface area contributed by atoms with Gasteiger partial charge in [0.05, 0.1) is 27.0 Å². The van der Waals surface area contributed by atoms with Gasteiger partial charge in [-0.1, -0.05) is 12.1 Å². The van der Waals surface area contributed by atoms with E-state index in [9.17, 15) is 4.79 Å². The van der Waals surface area contributed by atoms with Crippen molar-refractivity contribution in [2.45, 2.75) is 0 Å². The van der Waals surface area contributed by atoms with Gasteiger partial charge < -0.3 is 24.8 Å². The van der Waals surface area contributed by atoms with Gasteiger partial charge >= 0.3 is 0 Å². The largest absolute Gasteiger partial charge is 0.495 e. The van der Waals surface area contributed by atoms with Crippen LogP contribution in [0, 0.1) is 0 Å². The van der Waals surface area contributed by atoms with Gasteiger partial charge in [0.25, 0.3) is 5.91 Å². The van der Waals surface area contributed by atoms with E-state index >= 15 is 0 Å². The number of aromatic nitrogens is 2. The Balaban J connectivity index is 1.70. The van der Waals surface area contributed by atoms with Crippen molar-refractivity contribution in [3.63, 3.8) is 0 Å². The van der Waals surface area contributed by atoms with Crippen LogP contribution in [-0.4, -0.2) is 37.4 Å². The summed E-state index contributed by atoms with van der Waals surface area (Å²) in [6, 6.07) is 15.8. The molecule has 8 heteroatoms. The topological polar surface area (TPSA) is 94.6 Å². The Morgan fingerprint density at radius 3 is 2.25 bits per heavy atom. The quantitative estimate of drug-likeness (QED) is 0.648. The van der Waals surface area contributed by atoms with Crippen molar-refractivity contribution in [3.8, 4) is 17.2 Å². The molecule has 0 fully saturated rings. The monoisotopic (exact) mass is 380 g/mol. The molecule has 0 radical (unpaired) electrons. The molecule has 1 heterocycles. The second kappa shape index (κ2) is 8.72. The fraction of sp³-hybridized carbons (Fsp3) is 0.150. The molecule has 0 saturated heterocycles. The molecule has 1 amide bonds. The summed E-state index contributed by atoms with van der Waals surface area (Å²) in [7, 11) is 4.68. The van der Waals surface area contributed by atoms with Crippen molar-refractivity contribution in [1.82, 2.24) is 10.2 Å². The number of hydrogen-bond acceptors (Lipinski definition) is 7. The third-order valence-electron chi connectivity index (χ3n) is 3.91. The molecule has 28 heavy (non-hydrogen) atoms. The van der Waals surface area contributed by atoms with E-state index in [1.165, 1.54) is 0 Å². The minimum absolute atomic E-state index is 0.184. The lowest BCUT2D eigenvalue weighted by atomic mass is 10.2. The molecule has 0 saturated carbocycles. The summed E-state index contributed by atoms with van der Waals surface area (Å²) >= 11 is 0. The average molecular weight is 380 g/mol.